The van der Waals surface area contributed by atoms with E-state index in [0.717, 1.165) is 0 Å². The van der Waals surface area contributed by atoms with Crippen LogP contribution in [-0.2, 0) is 19.1 Å². The third-order valence-electron chi connectivity index (χ3n) is 2.95. The van der Waals surface area contributed by atoms with E-state index < -0.39 is 17.9 Å². The van der Waals surface area contributed by atoms with E-state index in [2.05, 4.69) is 10.1 Å². The molecule has 0 spiro atoms. The van der Waals surface area contributed by atoms with Crippen molar-refractivity contribution in [3.63, 3.8) is 0 Å². The maximum absolute atomic E-state index is 12.2. The van der Waals surface area contributed by atoms with Crippen molar-refractivity contribution in [3.05, 3.63) is 0 Å². The van der Waals surface area contributed by atoms with Crippen LogP contribution in [0.5, 0.6) is 0 Å². The van der Waals surface area contributed by atoms with Gasteiger partial charge in [-0.05, 0) is 5.92 Å². The predicted molar refractivity (Wildman–Crippen MR) is 72.4 cm³/mol. The fourth-order valence-corrected chi connectivity index (χ4v) is 1.65. The maximum Gasteiger partial charge on any atom is 0.308 e. The van der Waals surface area contributed by atoms with E-state index in [-0.39, 0.29) is 29.9 Å². The molecule has 0 aliphatic heterocycles. The Balaban J connectivity index is 4.67. The highest BCUT2D eigenvalue weighted by Gasteiger charge is 2.28. The zero-order chi connectivity index (χ0) is 15.2. The van der Waals surface area contributed by atoms with Gasteiger partial charge < -0.3 is 10.1 Å². The summed E-state index contributed by atoms with van der Waals surface area (Å²) in [4.78, 5) is 35.1. The van der Waals surface area contributed by atoms with Crippen molar-refractivity contribution >= 4 is 17.7 Å². The minimum atomic E-state index is -0.554. The standard InChI is InChI=1S/C14H25NO4/c1-8(2)12(15-13(17)9(3)4)11(16)7-10(5)14(18)19-6/h8-10,12H,7H2,1-6H3,(H,15,17)/t10-,12+/m1/s1. The molecule has 0 aromatic rings. The van der Waals surface area contributed by atoms with Gasteiger partial charge in [-0.15, -0.1) is 0 Å². The van der Waals surface area contributed by atoms with E-state index in [0.29, 0.717) is 0 Å². The van der Waals surface area contributed by atoms with Crippen LogP contribution < -0.4 is 5.32 Å². The summed E-state index contributed by atoms with van der Waals surface area (Å²) >= 11 is 0. The molecule has 0 aliphatic rings. The summed E-state index contributed by atoms with van der Waals surface area (Å²) in [6.45, 7) is 8.92. The molecule has 0 aromatic carbocycles. The maximum atomic E-state index is 12.2. The van der Waals surface area contributed by atoms with Crippen LogP contribution in [0.2, 0.25) is 0 Å². The second kappa shape index (κ2) is 7.92. The van der Waals surface area contributed by atoms with Crippen LogP contribution in [0.1, 0.15) is 41.0 Å². The molecular formula is C14H25NO4. The van der Waals surface area contributed by atoms with Crippen molar-refractivity contribution in [3.8, 4) is 0 Å². The molecule has 1 N–H and O–H groups in total. The number of amides is 1. The third-order valence-corrected chi connectivity index (χ3v) is 2.95. The summed E-state index contributed by atoms with van der Waals surface area (Å²) in [6, 6.07) is -0.554. The topological polar surface area (TPSA) is 72.5 Å². The molecule has 0 aromatic heterocycles. The van der Waals surface area contributed by atoms with Crippen LogP contribution in [0.15, 0.2) is 0 Å². The fourth-order valence-electron chi connectivity index (χ4n) is 1.65. The molecule has 0 aliphatic carbocycles. The zero-order valence-electron chi connectivity index (χ0n) is 12.6. The fraction of sp³-hybridized carbons (Fsp3) is 0.786. The van der Waals surface area contributed by atoms with Crippen LogP contribution >= 0.6 is 0 Å². The van der Waals surface area contributed by atoms with Gasteiger partial charge in [-0.1, -0.05) is 34.6 Å². The Morgan fingerprint density at radius 2 is 1.58 bits per heavy atom. The molecule has 0 saturated heterocycles. The first-order chi connectivity index (χ1) is 8.70. The molecule has 0 heterocycles. The van der Waals surface area contributed by atoms with Crippen molar-refractivity contribution in [1.29, 1.82) is 0 Å². The second-order valence-electron chi connectivity index (χ2n) is 5.48. The van der Waals surface area contributed by atoms with Gasteiger partial charge in [0, 0.05) is 12.3 Å². The van der Waals surface area contributed by atoms with Gasteiger partial charge >= 0.3 is 5.97 Å². The Morgan fingerprint density at radius 3 is 1.95 bits per heavy atom. The Morgan fingerprint density at radius 1 is 1.05 bits per heavy atom. The largest absolute Gasteiger partial charge is 0.469 e. The number of rotatable bonds is 7. The lowest BCUT2D eigenvalue weighted by atomic mass is 9.93. The van der Waals surface area contributed by atoms with E-state index in [9.17, 15) is 14.4 Å². The zero-order valence-corrected chi connectivity index (χ0v) is 12.6. The van der Waals surface area contributed by atoms with Gasteiger partial charge in [-0.25, -0.2) is 0 Å². The Labute approximate surface area is 115 Å². The van der Waals surface area contributed by atoms with Crippen LogP contribution in [0, 0.1) is 17.8 Å². The normalized spacial score (nSPS) is 14.1. The third kappa shape index (κ3) is 5.85. The quantitative estimate of drug-likeness (QED) is 0.713. The smallest absolute Gasteiger partial charge is 0.308 e. The second-order valence-corrected chi connectivity index (χ2v) is 5.48. The van der Waals surface area contributed by atoms with Gasteiger partial charge in [0.15, 0.2) is 5.78 Å². The summed E-state index contributed by atoms with van der Waals surface area (Å²) in [6.07, 6.45) is 0.0773. The molecule has 19 heavy (non-hydrogen) atoms. The van der Waals surface area contributed by atoms with E-state index in [1.807, 2.05) is 13.8 Å². The number of hydrogen-bond acceptors (Lipinski definition) is 4. The summed E-state index contributed by atoms with van der Waals surface area (Å²) in [5.74, 6) is -1.38. The SMILES string of the molecule is COC(=O)[C@H](C)CC(=O)[C@@H](NC(=O)C(C)C)C(C)C. The van der Waals surface area contributed by atoms with Crippen molar-refractivity contribution in [1.82, 2.24) is 5.32 Å². The minimum absolute atomic E-state index is 0.0138. The molecule has 110 valence electrons. The molecule has 1 amide bonds. The highest BCUT2D eigenvalue weighted by molar-refractivity contribution is 5.92. The Bertz CT molecular complexity index is 336. The summed E-state index contributed by atoms with van der Waals surface area (Å²) < 4.78 is 4.59. The van der Waals surface area contributed by atoms with E-state index in [1.165, 1.54) is 7.11 Å². The molecule has 2 atom stereocenters. The molecule has 0 saturated carbocycles. The summed E-state index contributed by atoms with van der Waals surface area (Å²) in [5, 5.41) is 2.74. The molecule has 5 nitrogen and oxygen atoms in total. The van der Waals surface area contributed by atoms with Crippen LogP contribution in [-0.4, -0.2) is 30.8 Å². The van der Waals surface area contributed by atoms with Gasteiger partial charge in [0.25, 0.3) is 0 Å². The van der Waals surface area contributed by atoms with Gasteiger partial charge in [-0.2, -0.15) is 0 Å². The first-order valence-electron chi connectivity index (χ1n) is 6.61. The van der Waals surface area contributed by atoms with Crippen molar-refractivity contribution in [2.45, 2.75) is 47.1 Å². The highest BCUT2D eigenvalue weighted by Crippen LogP contribution is 2.12. The van der Waals surface area contributed by atoms with Crippen LogP contribution in [0.25, 0.3) is 0 Å². The van der Waals surface area contributed by atoms with E-state index in [1.54, 1.807) is 20.8 Å². The van der Waals surface area contributed by atoms with E-state index >= 15 is 0 Å². The lowest BCUT2D eigenvalue weighted by Gasteiger charge is -2.23. The van der Waals surface area contributed by atoms with Crippen LogP contribution in [0.4, 0.5) is 0 Å². The monoisotopic (exact) mass is 271 g/mol. The number of ketones is 1. The number of methoxy groups -OCH3 is 1. The summed E-state index contributed by atoms with van der Waals surface area (Å²) in [5.41, 5.74) is 0. The lowest BCUT2D eigenvalue weighted by Crippen LogP contribution is -2.46. The minimum Gasteiger partial charge on any atom is -0.469 e. The molecule has 0 radical (unpaired) electrons. The number of carbonyl (C=O) groups excluding carboxylic acids is 3. The number of hydrogen-bond donors (Lipinski definition) is 1. The number of carbonyl (C=O) groups is 3. The van der Waals surface area contributed by atoms with Gasteiger partial charge in [0.05, 0.1) is 19.1 Å². The van der Waals surface area contributed by atoms with Crippen LogP contribution in [0.3, 0.4) is 0 Å². The highest BCUT2D eigenvalue weighted by atomic mass is 16.5. The molecule has 0 rings (SSSR count). The van der Waals surface area contributed by atoms with Gasteiger partial charge in [0.2, 0.25) is 5.91 Å². The van der Waals surface area contributed by atoms with Gasteiger partial charge in [-0.3, -0.25) is 14.4 Å². The Hall–Kier alpha value is -1.39. The number of esters is 1. The van der Waals surface area contributed by atoms with Gasteiger partial charge in [0.1, 0.15) is 0 Å². The number of ether oxygens (including phenoxy) is 1. The molecule has 0 fully saturated rings. The Kier molecular flexibility index (Phi) is 7.34. The first-order valence-corrected chi connectivity index (χ1v) is 6.61. The summed E-state index contributed by atoms with van der Waals surface area (Å²) in [7, 11) is 1.30. The predicted octanol–water partition coefficient (Wildman–Crippen LogP) is 1.55. The number of nitrogens with one attached hydrogen (secondary N) is 1. The molecule has 5 heteroatoms. The lowest BCUT2D eigenvalue weighted by molar-refractivity contribution is -0.146. The van der Waals surface area contributed by atoms with Crippen molar-refractivity contribution in [2.75, 3.05) is 7.11 Å². The van der Waals surface area contributed by atoms with E-state index in [4.69, 9.17) is 0 Å². The number of Topliss-reactive ketones (excluding diaryl/α,β-unsaturated/α-hetero) is 1. The van der Waals surface area contributed by atoms with Crippen molar-refractivity contribution in [2.24, 2.45) is 17.8 Å². The molecule has 0 bridgehead atoms. The average molecular weight is 271 g/mol. The van der Waals surface area contributed by atoms with Crippen molar-refractivity contribution < 1.29 is 19.1 Å². The average Bonchev–Trinajstić information content (AvgIpc) is 2.33. The molecular weight excluding hydrogens is 246 g/mol. The first kappa shape index (κ1) is 17.6. The molecule has 0 unspecified atom stereocenters.